The third kappa shape index (κ3) is 5.26. The molecule has 0 spiro atoms. The largest absolute Gasteiger partial charge is 0.395 e. The van der Waals surface area contributed by atoms with Crippen LogP contribution in [0.3, 0.4) is 0 Å². The van der Waals surface area contributed by atoms with Gasteiger partial charge in [-0.2, -0.15) is 0 Å². The first-order valence-corrected chi connectivity index (χ1v) is 2.77. The van der Waals surface area contributed by atoms with Crippen LogP contribution < -0.4 is 11.1 Å². The fourth-order valence-corrected chi connectivity index (χ4v) is 0.339. The number of nitrogens with one attached hydrogen (secondary N) is 1. The van der Waals surface area contributed by atoms with E-state index < -0.39 is 0 Å². The molecule has 0 radical (unpaired) electrons. The topological polar surface area (TPSA) is 75.4 Å². The molecule has 0 rings (SSSR count). The van der Waals surface area contributed by atoms with Gasteiger partial charge in [-0.15, -0.1) is 0 Å². The number of hydrogen-bond acceptors (Lipinski definition) is 3. The average molecular weight is 132 g/mol. The predicted molar refractivity (Wildman–Crippen MR) is 33.7 cm³/mol. The molecule has 1 unspecified atom stereocenters. The van der Waals surface area contributed by atoms with Gasteiger partial charge in [0.25, 0.3) is 0 Å². The quantitative estimate of drug-likeness (QED) is 0.435. The number of nitrogens with two attached hydrogens (primary N) is 1. The number of aliphatic hydroxyl groups excluding tert-OH is 1. The fraction of sp³-hybridized carbons (Fsp3) is 0.800. The second-order valence-corrected chi connectivity index (χ2v) is 1.88. The van der Waals surface area contributed by atoms with Gasteiger partial charge in [-0.25, -0.2) is 0 Å². The van der Waals surface area contributed by atoms with Gasteiger partial charge in [0.05, 0.1) is 6.61 Å². The number of aliphatic hydroxyl groups is 1. The Morgan fingerprint density at radius 3 is 2.78 bits per heavy atom. The zero-order chi connectivity index (χ0) is 7.28. The van der Waals surface area contributed by atoms with Gasteiger partial charge in [0.1, 0.15) is 0 Å². The van der Waals surface area contributed by atoms with E-state index in [1.165, 1.54) is 6.92 Å². The van der Waals surface area contributed by atoms with Gasteiger partial charge >= 0.3 is 0 Å². The molecule has 0 aliphatic rings. The van der Waals surface area contributed by atoms with Crippen LogP contribution in [0.2, 0.25) is 0 Å². The summed E-state index contributed by atoms with van der Waals surface area (Å²) < 4.78 is 0. The minimum atomic E-state index is -0.339. The maximum atomic E-state index is 10.2. The van der Waals surface area contributed by atoms with Gasteiger partial charge in [-0.05, 0) is 0 Å². The lowest BCUT2D eigenvalue weighted by Crippen LogP contribution is -2.38. The van der Waals surface area contributed by atoms with Crippen LogP contribution in [-0.4, -0.2) is 30.2 Å². The van der Waals surface area contributed by atoms with E-state index >= 15 is 0 Å². The highest BCUT2D eigenvalue weighted by Crippen LogP contribution is 1.70. The van der Waals surface area contributed by atoms with E-state index in [0.29, 0.717) is 6.54 Å². The second kappa shape index (κ2) is 4.29. The minimum Gasteiger partial charge on any atom is -0.395 e. The molecule has 4 nitrogen and oxygen atoms in total. The SMILES string of the molecule is CC(=O)NCC(N)CO. The van der Waals surface area contributed by atoms with E-state index in [1.807, 2.05) is 0 Å². The first-order valence-electron chi connectivity index (χ1n) is 2.77. The molecule has 1 atom stereocenters. The Morgan fingerprint density at radius 2 is 2.44 bits per heavy atom. The summed E-state index contributed by atoms with van der Waals surface area (Å²) in [6, 6.07) is -0.339. The normalized spacial score (nSPS) is 12.8. The molecule has 0 aromatic rings. The van der Waals surface area contributed by atoms with Gasteiger partial charge in [0.15, 0.2) is 0 Å². The summed E-state index contributed by atoms with van der Waals surface area (Å²) in [4.78, 5) is 10.2. The maximum Gasteiger partial charge on any atom is 0.216 e. The van der Waals surface area contributed by atoms with Crippen molar-refractivity contribution in [2.75, 3.05) is 13.2 Å². The summed E-state index contributed by atoms with van der Waals surface area (Å²) in [5.41, 5.74) is 5.26. The van der Waals surface area contributed by atoms with Crippen LogP contribution in [0.1, 0.15) is 6.92 Å². The zero-order valence-corrected chi connectivity index (χ0v) is 5.42. The summed E-state index contributed by atoms with van der Waals surface area (Å²) >= 11 is 0. The minimum absolute atomic E-state index is 0.0969. The van der Waals surface area contributed by atoms with E-state index in [-0.39, 0.29) is 18.6 Å². The van der Waals surface area contributed by atoms with E-state index in [1.54, 1.807) is 0 Å². The third-order valence-electron chi connectivity index (χ3n) is 0.848. The van der Waals surface area contributed by atoms with Gasteiger partial charge in [0, 0.05) is 19.5 Å². The van der Waals surface area contributed by atoms with Gasteiger partial charge in [-0.3, -0.25) is 4.79 Å². The standard InChI is InChI=1S/C5H12N2O2/c1-4(9)7-2-5(6)3-8/h5,8H,2-3,6H2,1H3,(H,7,9). The predicted octanol–water partition coefficient (Wildman–Crippen LogP) is -1.56. The van der Waals surface area contributed by atoms with Gasteiger partial charge in [0.2, 0.25) is 5.91 Å². The van der Waals surface area contributed by atoms with Crippen LogP contribution in [0, 0.1) is 0 Å². The van der Waals surface area contributed by atoms with E-state index in [9.17, 15) is 4.79 Å². The van der Waals surface area contributed by atoms with Crippen LogP contribution >= 0.6 is 0 Å². The Morgan fingerprint density at radius 1 is 1.89 bits per heavy atom. The molecule has 54 valence electrons. The highest BCUT2D eigenvalue weighted by atomic mass is 16.3. The van der Waals surface area contributed by atoms with E-state index in [4.69, 9.17) is 10.8 Å². The zero-order valence-electron chi connectivity index (χ0n) is 5.42. The van der Waals surface area contributed by atoms with Crippen molar-refractivity contribution in [2.24, 2.45) is 5.73 Å². The Labute approximate surface area is 54.0 Å². The Hall–Kier alpha value is -0.610. The first kappa shape index (κ1) is 8.39. The fourth-order valence-electron chi connectivity index (χ4n) is 0.339. The molecule has 0 aliphatic carbocycles. The van der Waals surface area contributed by atoms with Crippen molar-refractivity contribution in [2.45, 2.75) is 13.0 Å². The molecule has 0 aromatic carbocycles. The lowest BCUT2D eigenvalue weighted by Gasteiger charge is -2.06. The molecule has 4 heteroatoms. The number of carbonyl (C=O) groups is 1. The second-order valence-electron chi connectivity index (χ2n) is 1.88. The highest BCUT2D eigenvalue weighted by Gasteiger charge is 1.98. The summed E-state index contributed by atoms with van der Waals surface area (Å²) in [7, 11) is 0. The molecule has 1 amide bonds. The summed E-state index contributed by atoms with van der Waals surface area (Å²) in [6.07, 6.45) is 0. The van der Waals surface area contributed by atoms with Crippen molar-refractivity contribution >= 4 is 5.91 Å². The van der Waals surface area contributed by atoms with Crippen molar-refractivity contribution in [3.05, 3.63) is 0 Å². The lowest BCUT2D eigenvalue weighted by atomic mass is 10.3. The monoisotopic (exact) mass is 132 g/mol. The Bertz CT molecular complexity index is 95.0. The summed E-state index contributed by atoms with van der Waals surface area (Å²) in [5, 5.41) is 10.8. The third-order valence-corrected chi connectivity index (χ3v) is 0.848. The van der Waals surface area contributed by atoms with Crippen LogP contribution in [0.25, 0.3) is 0 Å². The Kier molecular flexibility index (Phi) is 4.00. The Balaban J connectivity index is 3.16. The lowest BCUT2D eigenvalue weighted by molar-refractivity contribution is -0.119. The van der Waals surface area contributed by atoms with Crippen LogP contribution in [0.15, 0.2) is 0 Å². The summed E-state index contributed by atoms with van der Waals surface area (Å²) in [5.74, 6) is -0.126. The molecule has 0 saturated carbocycles. The summed E-state index contributed by atoms with van der Waals surface area (Å²) in [6.45, 7) is 1.65. The maximum absolute atomic E-state index is 10.2. The molecule has 0 aromatic heterocycles. The molecular formula is C5H12N2O2. The molecule has 0 saturated heterocycles. The number of rotatable bonds is 3. The van der Waals surface area contributed by atoms with Crippen LogP contribution in [0.5, 0.6) is 0 Å². The number of hydrogen-bond donors (Lipinski definition) is 3. The number of carbonyl (C=O) groups excluding carboxylic acids is 1. The van der Waals surface area contributed by atoms with Crippen molar-refractivity contribution < 1.29 is 9.90 Å². The van der Waals surface area contributed by atoms with Gasteiger partial charge < -0.3 is 16.2 Å². The molecular weight excluding hydrogens is 120 g/mol. The van der Waals surface area contributed by atoms with Crippen LogP contribution in [0.4, 0.5) is 0 Å². The smallest absolute Gasteiger partial charge is 0.216 e. The molecule has 4 N–H and O–H groups in total. The molecule has 0 aliphatic heterocycles. The van der Waals surface area contributed by atoms with Crippen molar-refractivity contribution in [3.8, 4) is 0 Å². The molecule has 0 fully saturated rings. The van der Waals surface area contributed by atoms with Crippen LogP contribution in [-0.2, 0) is 4.79 Å². The van der Waals surface area contributed by atoms with E-state index in [0.717, 1.165) is 0 Å². The van der Waals surface area contributed by atoms with E-state index in [2.05, 4.69) is 5.32 Å². The molecule has 0 bridgehead atoms. The molecule has 0 heterocycles. The molecule has 9 heavy (non-hydrogen) atoms. The van der Waals surface area contributed by atoms with Crippen molar-refractivity contribution in [1.82, 2.24) is 5.32 Å². The number of amides is 1. The van der Waals surface area contributed by atoms with Crippen molar-refractivity contribution in [3.63, 3.8) is 0 Å². The highest BCUT2D eigenvalue weighted by molar-refractivity contribution is 5.72. The van der Waals surface area contributed by atoms with Crippen molar-refractivity contribution in [1.29, 1.82) is 0 Å². The average Bonchev–Trinajstić information content (AvgIpc) is 1.83. The van der Waals surface area contributed by atoms with Gasteiger partial charge in [-0.1, -0.05) is 0 Å². The first-order chi connectivity index (χ1) is 4.16.